The van der Waals surface area contributed by atoms with Crippen molar-refractivity contribution in [1.82, 2.24) is 4.72 Å². The van der Waals surface area contributed by atoms with E-state index in [9.17, 15) is 8.42 Å². The maximum atomic E-state index is 11.6. The molecule has 1 rings (SSSR count). The highest BCUT2D eigenvalue weighted by atomic mass is 32.2. The van der Waals surface area contributed by atoms with E-state index in [4.69, 9.17) is 5.26 Å². The van der Waals surface area contributed by atoms with Gasteiger partial charge in [-0.15, -0.1) is 0 Å². The second kappa shape index (κ2) is 4.11. The summed E-state index contributed by atoms with van der Waals surface area (Å²) in [6, 6.07) is 1.81. The molecule has 0 aromatic carbocycles. The summed E-state index contributed by atoms with van der Waals surface area (Å²) in [5.74, 6) is 0.420. The van der Waals surface area contributed by atoms with Gasteiger partial charge in [-0.05, 0) is 24.2 Å². The number of nitriles is 1. The van der Waals surface area contributed by atoms with E-state index >= 15 is 0 Å². The van der Waals surface area contributed by atoms with Crippen LogP contribution in [-0.2, 0) is 10.0 Å². The first-order valence-electron chi connectivity index (χ1n) is 5.21. The number of rotatable bonds is 5. The van der Waals surface area contributed by atoms with Gasteiger partial charge in [0.05, 0.1) is 6.07 Å². The highest BCUT2D eigenvalue weighted by molar-refractivity contribution is 7.90. The van der Waals surface area contributed by atoms with E-state index in [0.717, 1.165) is 6.42 Å². The predicted molar refractivity (Wildman–Crippen MR) is 58.5 cm³/mol. The Bertz CT molecular complexity index is 367. The van der Waals surface area contributed by atoms with Gasteiger partial charge >= 0.3 is 0 Å². The number of sulfonamides is 1. The normalized spacial score (nSPS) is 25.6. The van der Waals surface area contributed by atoms with Gasteiger partial charge in [-0.1, -0.05) is 20.8 Å². The average molecular weight is 230 g/mol. The summed E-state index contributed by atoms with van der Waals surface area (Å²) in [5.41, 5.74) is 0.261. The number of nitrogens with zero attached hydrogens (tertiary/aromatic N) is 1. The standard InChI is InChI=1S/C10H18N2O2S/c1-4-9(6-11)15(13,14)12-7-8-5-10(8,2)3/h8-9,12H,4-5,7H2,1-3H3. The number of hydrogen-bond acceptors (Lipinski definition) is 3. The molecule has 1 fully saturated rings. The second-order valence-corrected chi connectivity index (χ2v) is 6.76. The van der Waals surface area contributed by atoms with Crippen LogP contribution in [0.15, 0.2) is 0 Å². The van der Waals surface area contributed by atoms with Gasteiger partial charge in [0, 0.05) is 6.54 Å². The molecule has 15 heavy (non-hydrogen) atoms. The monoisotopic (exact) mass is 230 g/mol. The van der Waals surface area contributed by atoms with Crippen molar-refractivity contribution in [3.63, 3.8) is 0 Å². The van der Waals surface area contributed by atoms with Crippen molar-refractivity contribution in [2.24, 2.45) is 11.3 Å². The molecule has 0 aliphatic heterocycles. The Labute approximate surface area is 91.7 Å². The fraction of sp³-hybridized carbons (Fsp3) is 0.900. The minimum atomic E-state index is -3.44. The maximum Gasteiger partial charge on any atom is 0.227 e. The molecule has 2 atom stereocenters. The van der Waals surface area contributed by atoms with Crippen LogP contribution >= 0.6 is 0 Å². The molecule has 0 saturated heterocycles. The van der Waals surface area contributed by atoms with Gasteiger partial charge in [-0.25, -0.2) is 13.1 Å². The molecular formula is C10H18N2O2S. The van der Waals surface area contributed by atoms with Crippen molar-refractivity contribution in [2.45, 2.75) is 38.9 Å². The van der Waals surface area contributed by atoms with Gasteiger partial charge in [0.2, 0.25) is 10.0 Å². The molecule has 1 aliphatic carbocycles. The lowest BCUT2D eigenvalue weighted by Gasteiger charge is -2.10. The van der Waals surface area contributed by atoms with Crippen molar-refractivity contribution < 1.29 is 8.42 Å². The second-order valence-electron chi connectivity index (χ2n) is 4.81. The predicted octanol–water partition coefficient (Wildman–Crippen LogP) is 1.25. The highest BCUT2D eigenvalue weighted by Gasteiger charge is 2.45. The van der Waals surface area contributed by atoms with Gasteiger partial charge in [-0.2, -0.15) is 5.26 Å². The molecule has 0 radical (unpaired) electrons. The molecule has 5 heteroatoms. The Morgan fingerprint density at radius 3 is 2.47 bits per heavy atom. The first kappa shape index (κ1) is 12.5. The Kier molecular flexibility index (Phi) is 3.41. The van der Waals surface area contributed by atoms with Crippen LogP contribution in [0.4, 0.5) is 0 Å². The van der Waals surface area contributed by atoms with E-state index < -0.39 is 15.3 Å². The minimum Gasteiger partial charge on any atom is -0.214 e. The molecule has 4 nitrogen and oxygen atoms in total. The topological polar surface area (TPSA) is 70.0 Å². The molecule has 2 unspecified atom stereocenters. The van der Waals surface area contributed by atoms with Gasteiger partial charge in [0.15, 0.2) is 5.25 Å². The summed E-state index contributed by atoms with van der Waals surface area (Å²) >= 11 is 0. The third kappa shape index (κ3) is 2.93. The summed E-state index contributed by atoms with van der Waals surface area (Å²) in [5, 5.41) is 7.76. The van der Waals surface area contributed by atoms with Crippen molar-refractivity contribution in [3.8, 4) is 6.07 Å². The zero-order valence-electron chi connectivity index (χ0n) is 9.45. The van der Waals surface area contributed by atoms with E-state index in [1.54, 1.807) is 13.0 Å². The molecule has 0 bridgehead atoms. The molecule has 0 aromatic rings. The molecule has 1 saturated carbocycles. The van der Waals surface area contributed by atoms with E-state index in [-0.39, 0.29) is 5.41 Å². The van der Waals surface area contributed by atoms with Crippen LogP contribution in [0, 0.1) is 22.7 Å². The van der Waals surface area contributed by atoms with Crippen molar-refractivity contribution in [3.05, 3.63) is 0 Å². The molecule has 0 heterocycles. The van der Waals surface area contributed by atoms with Crippen LogP contribution in [0.25, 0.3) is 0 Å². The summed E-state index contributed by atoms with van der Waals surface area (Å²) in [4.78, 5) is 0. The van der Waals surface area contributed by atoms with E-state index in [0.29, 0.717) is 18.9 Å². The maximum absolute atomic E-state index is 11.6. The minimum absolute atomic E-state index is 0.261. The summed E-state index contributed by atoms with van der Waals surface area (Å²) in [6.45, 7) is 6.41. The van der Waals surface area contributed by atoms with Crippen LogP contribution in [0.3, 0.4) is 0 Å². The smallest absolute Gasteiger partial charge is 0.214 e. The summed E-state index contributed by atoms with van der Waals surface area (Å²) < 4.78 is 25.7. The average Bonchev–Trinajstić information content (AvgIpc) is 2.73. The fourth-order valence-electron chi connectivity index (χ4n) is 1.62. The van der Waals surface area contributed by atoms with Gasteiger partial charge < -0.3 is 0 Å². The summed E-state index contributed by atoms with van der Waals surface area (Å²) in [6.07, 6.45) is 1.39. The SMILES string of the molecule is CCC(C#N)S(=O)(=O)NCC1CC1(C)C. The lowest BCUT2D eigenvalue weighted by atomic mass is 10.1. The first-order chi connectivity index (χ1) is 6.83. The fourth-order valence-corrected chi connectivity index (χ4v) is 2.83. The van der Waals surface area contributed by atoms with E-state index in [1.165, 1.54) is 0 Å². The van der Waals surface area contributed by atoms with Crippen LogP contribution in [0.1, 0.15) is 33.6 Å². The largest absolute Gasteiger partial charge is 0.227 e. The number of nitrogens with one attached hydrogen (secondary N) is 1. The van der Waals surface area contributed by atoms with Crippen molar-refractivity contribution in [2.75, 3.05) is 6.54 Å². The van der Waals surface area contributed by atoms with Crippen LogP contribution in [-0.4, -0.2) is 20.2 Å². The van der Waals surface area contributed by atoms with E-state index in [1.807, 2.05) is 0 Å². The van der Waals surface area contributed by atoms with Gasteiger partial charge in [0.25, 0.3) is 0 Å². The molecule has 1 N–H and O–H groups in total. The third-order valence-electron chi connectivity index (χ3n) is 3.14. The molecule has 0 spiro atoms. The Morgan fingerprint density at radius 1 is 1.60 bits per heavy atom. The lowest BCUT2D eigenvalue weighted by Crippen LogP contribution is -2.34. The highest BCUT2D eigenvalue weighted by Crippen LogP contribution is 2.51. The van der Waals surface area contributed by atoms with Crippen molar-refractivity contribution >= 4 is 10.0 Å². The molecular weight excluding hydrogens is 212 g/mol. The van der Waals surface area contributed by atoms with E-state index in [2.05, 4.69) is 18.6 Å². The molecule has 1 aliphatic rings. The molecule has 0 amide bonds. The van der Waals surface area contributed by atoms with Gasteiger partial charge in [0.1, 0.15) is 0 Å². The Morgan fingerprint density at radius 2 is 2.13 bits per heavy atom. The lowest BCUT2D eigenvalue weighted by molar-refractivity contribution is 0.534. The molecule has 86 valence electrons. The Hall–Kier alpha value is -0.600. The molecule has 0 aromatic heterocycles. The Balaban J connectivity index is 2.48. The third-order valence-corrected chi connectivity index (χ3v) is 4.89. The van der Waals surface area contributed by atoms with Crippen LogP contribution < -0.4 is 4.72 Å². The quantitative estimate of drug-likeness (QED) is 0.772. The van der Waals surface area contributed by atoms with Crippen LogP contribution in [0.5, 0.6) is 0 Å². The summed E-state index contributed by atoms with van der Waals surface area (Å²) in [7, 11) is -3.44. The van der Waals surface area contributed by atoms with Crippen molar-refractivity contribution in [1.29, 1.82) is 5.26 Å². The van der Waals surface area contributed by atoms with Crippen LogP contribution in [0.2, 0.25) is 0 Å². The zero-order valence-corrected chi connectivity index (χ0v) is 10.3. The van der Waals surface area contributed by atoms with Gasteiger partial charge in [-0.3, -0.25) is 0 Å². The first-order valence-corrected chi connectivity index (χ1v) is 6.76. The zero-order chi connectivity index (χ0) is 11.7. The number of hydrogen-bond donors (Lipinski definition) is 1.